The van der Waals surface area contributed by atoms with Crippen LogP contribution in [0.5, 0.6) is 0 Å². The zero-order valence-electron chi connectivity index (χ0n) is 14.4. The minimum atomic E-state index is -4.84. The third-order valence-electron chi connectivity index (χ3n) is 5.76. The van der Waals surface area contributed by atoms with Crippen LogP contribution in [0, 0.1) is 11.3 Å². The number of carbonyl (C=O) groups excluding carboxylic acids is 2. The van der Waals surface area contributed by atoms with Gasteiger partial charge in [0.15, 0.2) is 0 Å². The number of carbonyl (C=O) groups is 3. The lowest BCUT2D eigenvalue weighted by atomic mass is 9.92. The molecule has 3 atom stereocenters. The van der Waals surface area contributed by atoms with Gasteiger partial charge in [-0.15, -0.1) is 0 Å². The average Bonchev–Trinajstić information content (AvgIpc) is 3.23. The van der Waals surface area contributed by atoms with Crippen LogP contribution in [0.1, 0.15) is 24.5 Å². The highest BCUT2D eigenvalue weighted by atomic mass is 19.4. The first-order chi connectivity index (χ1) is 13.0. The minimum Gasteiger partial charge on any atom is -0.465 e. The molecule has 3 aliphatic rings. The number of hydrogen-bond donors (Lipinski definition) is 1. The van der Waals surface area contributed by atoms with Gasteiger partial charge in [0.25, 0.3) is 5.91 Å². The first kappa shape index (κ1) is 18.1. The third-order valence-corrected chi connectivity index (χ3v) is 5.76. The molecule has 3 unspecified atom stereocenters. The molecule has 1 aromatic rings. The maximum Gasteiger partial charge on any atom is 0.417 e. The highest BCUT2D eigenvalue weighted by Gasteiger charge is 2.70. The molecular formula is C17H13F3N4O4. The summed E-state index contributed by atoms with van der Waals surface area (Å²) in [6.45, 7) is 1.48. The number of halogens is 3. The molecule has 4 amide bonds. The van der Waals surface area contributed by atoms with Gasteiger partial charge in [0.2, 0.25) is 0 Å². The molecule has 3 fully saturated rings. The van der Waals surface area contributed by atoms with E-state index in [0.717, 1.165) is 17.0 Å². The van der Waals surface area contributed by atoms with Crippen molar-refractivity contribution in [3.8, 4) is 6.07 Å². The van der Waals surface area contributed by atoms with Gasteiger partial charge in [-0.05, 0) is 31.5 Å². The Kier molecular flexibility index (Phi) is 3.47. The number of alkyl halides is 3. The van der Waals surface area contributed by atoms with Crippen LogP contribution in [0.3, 0.4) is 0 Å². The Morgan fingerprint density at radius 1 is 1.36 bits per heavy atom. The van der Waals surface area contributed by atoms with Crippen molar-refractivity contribution in [3.05, 3.63) is 29.3 Å². The maximum absolute atomic E-state index is 13.3. The number of fused-ring (bicyclic) bond motifs is 5. The van der Waals surface area contributed by atoms with Crippen LogP contribution in [0.4, 0.5) is 28.4 Å². The number of nitrogens with zero attached hydrogens (tertiary/aromatic N) is 4. The van der Waals surface area contributed by atoms with Crippen LogP contribution in [0.15, 0.2) is 18.2 Å². The van der Waals surface area contributed by atoms with Crippen molar-refractivity contribution in [3.63, 3.8) is 0 Å². The molecular weight excluding hydrogens is 381 g/mol. The van der Waals surface area contributed by atoms with Gasteiger partial charge in [-0.1, -0.05) is 0 Å². The van der Waals surface area contributed by atoms with Crippen LogP contribution < -0.4 is 4.90 Å². The molecule has 0 radical (unpaired) electrons. The number of carboxylic acid groups (broad SMARTS) is 1. The molecule has 3 saturated heterocycles. The molecule has 0 saturated carbocycles. The largest absolute Gasteiger partial charge is 0.465 e. The number of piperazine rings is 1. The van der Waals surface area contributed by atoms with E-state index in [1.54, 1.807) is 0 Å². The van der Waals surface area contributed by atoms with Gasteiger partial charge in [-0.2, -0.15) is 18.4 Å². The molecule has 0 aliphatic carbocycles. The van der Waals surface area contributed by atoms with E-state index >= 15 is 0 Å². The van der Waals surface area contributed by atoms with Crippen molar-refractivity contribution < 1.29 is 32.7 Å². The van der Waals surface area contributed by atoms with Crippen molar-refractivity contribution in [2.45, 2.75) is 37.1 Å². The zero-order valence-corrected chi connectivity index (χ0v) is 14.4. The number of benzene rings is 1. The van der Waals surface area contributed by atoms with E-state index in [1.165, 1.54) is 17.9 Å². The molecule has 3 heterocycles. The Bertz CT molecular complexity index is 972. The summed E-state index contributed by atoms with van der Waals surface area (Å²) in [6, 6.07) is 1.97. The molecule has 1 N–H and O–H groups in total. The number of nitriles is 1. The predicted molar refractivity (Wildman–Crippen MR) is 86.2 cm³/mol. The quantitative estimate of drug-likeness (QED) is 0.736. The molecule has 28 heavy (non-hydrogen) atoms. The fourth-order valence-electron chi connectivity index (χ4n) is 4.54. The monoisotopic (exact) mass is 394 g/mol. The summed E-state index contributed by atoms with van der Waals surface area (Å²) in [5.41, 5.74) is -3.66. The molecule has 146 valence electrons. The maximum atomic E-state index is 13.3. The fraction of sp³-hybridized carbons (Fsp3) is 0.412. The van der Waals surface area contributed by atoms with Crippen molar-refractivity contribution >= 4 is 23.7 Å². The minimum absolute atomic E-state index is 0.0453. The number of likely N-dealkylation sites (tertiary alicyclic amines) is 1. The Morgan fingerprint density at radius 2 is 2.04 bits per heavy atom. The summed E-state index contributed by atoms with van der Waals surface area (Å²) in [5, 5.41) is 18.2. The topological polar surface area (TPSA) is 105 Å². The lowest BCUT2D eigenvalue weighted by Gasteiger charge is -2.40. The van der Waals surface area contributed by atoms with Crippen LogP contribution in [-0.4, -0.2) is 57.1 Å². The molecule has 4 rings (SSSR count). The smallest absolute Gasteiger partial charge is 0.417 e. The third kappa shape index (κ3) is 2.08. The van der Waals surface area contributed by atoms with E-state index in [-0.39, 0.29) is 12.2 Å². The number of amides is 4. The van der Waals surface area contributed by atoms with Crippen LogP contribution in [0.25, 0.3) is 0 Å². The summed E-state index contributed by atoms with van der Waals surface area (Å²) < 4.78 is 39.8. The summed E-state index contributed by atoms with van der Waals surface area (Å²) in [5.74, 6) is -0.784. The summed E-state index contributed by atoms with van der Waals surface area (Å²) in [6.07, 6.45) is -5.76. The van der Waals surface area contributed by atoms with E-state index < -0.39 is 53.0 Å². The Labute approximate surface area is 156 Å². The summed E-state index contributed by atoms with van der Waals surface area (Å²) in [7, 11) is 0. The highest BCUT2D eigenvalue weighted by molar-refractivity contribution is 6.24. The Hall–Kier alpha value is -3.29. The molecule has 3 aliphatic heterocycles. The number of urea groups is 1. The van der Waals surface area contributed by atoms with Crippen LogP contribution in [0.2, 0.25) is 0 Å². The second-order valence-corrected chi connectivity index (χ2v) is 7.12. The zero-order chi connectivity index (χ0) is 20.6. The standard InChI is InChI=1S/C17H13F3N4O4/c1-16-12-5-10(7-22(12)15(27)28)24(16)14(26)23(13(16)25)9-3-2-8(6-21)11(4-9)17(18,19)20/h2-4,10,12H,5,7H2,1H3,(H,27,28). The Balaban J connectivity index is 1.79. The van der Waals surface area contributed by atoms with Crippen molar-refractivity contribution in [1.82, 2.24) is 9.80 Å². The van der Waals surface area contributed by atoms with Gasteiger partial charge in [0.1, 0.15) is 5.54 Å². The number of anilines is 1. The van der Waals surface area contributed by atoms with E-state index in [1.807, 2.05) is 0 Å². The molecule has 1 aromatic carbocycles. The van der Waals surface area contributed by atoms with E-state index in [4.69, 9.17) is 5.26 Å². The molecule has 11 heteroatoms. The first-order valence-electron chi connectivity index (χ1n) is 8.30. The van der Waals surface area contributed by atoms with Gasteiger partial charge < -0.3 is 14.9 Å². The van der Waals surface area contributed by atoms with Gasteiger partial charge in [0.05, 0.1) is 35.0 Å². The number of imide groups is 1. The molecule has 0 spiro atoms. The lowest BCUT2D eigenvalue weighted by Crippen LogP contribution is -2.62. The van der Waals surface area contributed by atoms with Gasteiger partial charge in [-0.25, -0.2) is 14.5 Å². The fourth-order valence-corrected chi connectivity index (χ4v) is 4.54. The van der Waals surface area contributed by atoms with E-state index in [0.29, 0.717) is 17.4 Å². The van der Waals surface area contributed by atoms with Crippen LogP contribution in [-0.2, 0) is 11.0 Å². The number of hydrogen-bond acceptors (Lipinski definition) is 4. The van der Waals surface area contributed by atoms with Crippen LogP contribution >= 0.6 is 0 Å². The van der Waals surface area contributed by atoms with E-state index in [2.05, 4.69) is 0 Å². The van der Waals surface area contributed by atoms with Crippen molar-refractivity contribution in [1.29, 1.82) is 5.26 Å². The summed E-state index contributed by atoms with van der Waals surface area (Å²) in [4.78, 5) is 40.4. The highest BCUT2D eigenvalue weighted by Crippen LogP contribution is 2.49. The van der Waals surface area contributed by atoms with E-state index in [9.17, 15) is 32.7 Å². The second kappa shape index (κ2) is 5.37. The lowest BCUT2D eigenvalue weighted by molar-refractivity contribution is -0.137. The van der Waals surface area contributed by atoms with Gasteiger partial charge in [0, 0.05) is 6.54 Å². The predicted octanol–water partition coefficient (Wildman–Crippen LogP) is 2.24. The Morgan fingerprint density at radius 3 is 2.61 bits per heavy atom. The molecule has 8 nitrogen and oxygen atoms in total. The number of rotatable bonds is 1. The SMILES string of the molecule is CC12C(=O)N(c3ccc(C#N)c(C(F)(F)F)c3)C(=O)N1C1CC2N(C(=O)O)C1. The van der Waals surface area contributed by atoms with Crippen molar-refractivity contribution in [2.75, 3.05) is 11.4 Å². The van der Waals surface area contributed by atoms with Gasteiger partial charge in [-0.3, -0.25) is 4.79 Å². The van der Waals surface area contributed by atoms with Crippen molar-refractivity contribution in [2.24, 2.45) is 0 Å². The molecule has 0 aromatic heterocycles. The first-order valence-corrected chi connectivity index (χ1v) is 8.30. The van der Waals surface area contributed by atoms with Gasteiger partial charge >= 0.3 is 18.3 Å². The average molecular weight is 394 g/mol. The molecule has 2 bridgehead atoms. The second-order valence-electron chi connectivity index (χ2n) is 7.12. The normalized spacial score (nSPS) is 28.8. The summed E-state index contributed by atoms with van der Waals surface area (Å²) >= 11 is 0.